The molecule has 0 radical (unpaired) electrons. The van der Waals surface area contributed by atoms with Crippen molar-refractivity contribution in [3.8, 4) is 22.5 Å². The maximum atomic E-state index is 12.5. The Balaban J connectivity index is 2.04. The number of nitrogens with zero attached hydrogens (tertiary/aromatic N) is 2. The number of aromatic amines is 1. The molecule has 0 unspecified atom stereocenters. The smallest absolute Gasteiger partial charge is 0.295 e. The molecule has 0 amide bonds. The Kier molecular flexibility index (Phi) is 2.98. The molecule has 112 valence electrons. The van der Waals surface area contributed by atoms with Crippen molar-refractivity contribution in [3.05, 3.63) is 77.1 Å². The van der Waals surface area contributed by atoms with Crippen LogP contribution < -0.4 is 11.4 Å². The highest BCUT2D eigenvalue weighted by molar-refractivity contribution is 5.94. The number of hydrogen-bond acceptors (Lipinski definition) is 3. The number of nitrogens with one attached hydrogen (secondary N) is 1. The first kappa shape index (κ1) is 13.3. The first-order valence-electron chi connectivity index (χ1n) is 7.26. The molecule has 2 aromatic carbocycles. The van der Waals surface area contributed by atoms with Gasteiger partial charge in [-0.3, -0.25) is 9.89 Å². The van der Waals surface area contributed by atoms with Gasteiger partial charge in [0.2, 0.25) is 0 Å². The van der Waals surface area contributed by atoms with E-state index >= 15 is 0 Å². The standard InChI is InChI=1S/C18H14N4O/c19-22-15(12-7-3-1-4-8-12)11-14-16(13-9-5-2-6-10-13)20-21-17(14)18(22)23/h1-11H,19H2,(H,20,21). The van der Waals surface area contributed by atoms with Crippen molar-refractivity contribution >= 4 is 10.9 Å². The highest BCUT2D eigenvalue weighted by Crippen LogP contribution is 2.27. The lowest BCUT2D eigenvalue weighted by Gasteiger charge is -2.08. The number of H-pyrrole nitrogens is 1. The number of hydrogen-bond donors (Lipinski definition) is 2. The van der Waals surface area contributed by atoms with Crippen LogP contribution >= 0.6 is 0 Å². The summed E-state index contributed by atoms with van der Waals surface area (Å²) in [5.41, 5.74) is 3.35. The van der Waals surface area contributed by atoms with E-state index in [9.17, 15) is 4.79 Å². The number of nitrogen functional groups attached to an aromatic ring is 1. The zero-order valence-corrected chi connectivity index (χ0v) is 12.2. The summed E-state index contributed by atoms with van der Waals surface area (Å²) in [6.45, 7) is 0. The summed E-state index contributed by atoms with van der Waals surface area (Å²) < 4.78 is 1.16. The largest absolute Gasteiger partial charge is 0.336 e. The normalized spacial score (nSPS) is 11.0. The lowest BCUT2D eigenvalue weighted by atomic mass is 10.1. The fourth-order valence-corrected chi connectivity index (χ4v) is 2.74. The van der Waals surface area contributed by atoms with E-state index in [-0.39, 0.29) is 5.56 Å². The van der Waals surface area contributed by atoms with Crippen LogP contribution in [0, 0.1) is 0 Å². The van der Waals surface area contributed by atoms with Crippen LogP contribution in [0.4, 0.5) is 0 Å². The maximum absolute atomic E-state index is 12.5. The summed E-state index contributed by atoms with van der Waals surface area (Å²) in [7, 11) is 0. The molecule has 0 saturated carbocycles. The van der Waals surface area contributed by atoms with Gasteiger partial charge in [0.15, 0.2) is 0 Å². The SMILES string of the molecule is Nn1c(-c2ccccc2)cc2c(-c3ccccc3)n[nH]c2c1=O. The second kappa shape index (κ2) is 5.14. The number of benzene rings is 2. The van der Waals surface area contributed by atoms with Gasteiger partial charge in [-0.05, 0) is 6.07 Å². The van der Waals surface area contributed by atoms with Gasteiger partial charge in [-0.1, -0.05) is 60.7 Å². The fourth-order valence-electron chi connectivity index (χ4n) is 2.74. The van der Waals surface area contributed by atoms with Crippen molar-refractivity contribution in [2.24, 2.45) is 0 Å². The Bertz CT molecular complexity index is 1030. The van der Waals surface area contributed by atoms with E-state index in [1.165, 1.54) is 0 Å². The predicted molar refractivity (Wildman–Crippen MR) is 91.4 cm³/mol. The summed E-state index contributed by atoms with van der Waals surface area (Å²) in [5.74, 6) is 5.99. The number of pyridine rings is 1. The molecule has 0 spiro atoms. The molecule has 5 nitrogen and oxygen atoms in total. The van der Waals surface area contributed by atoms with E-state index in [0.29, 0.717) is 11.2 Å². The van der Waals surface area contributed by atoms with Gasteiger partial charge in [-0.15, -0.1) is 0 Å². The van der Waals surface area contributed by atoms with Crippen molar-refractivity contribution < 1.29 is 0 Å². The van der Waals surface area contributed by atoms with Crippen LogP contribution in [0.15, 0.2) is 71.5 Å². The first-order chi connectivity index (χ1) is 11.3. The van der Waals surface area contributed by atoms with Crippen LogP contribution in [0.5, 0.6) is 0 Å². The van der Waals surface area contributed by atoms with Gasteiger partial charge in [0.05, 0.1) is 5.69 Å². The summed E-state index contributed by atoms with van der Waals surface area (Å²) in [5, 5.41) is 7.89. The molecular formula is C18H14N4O. The Morgan fingerprint density at radius 2 is 1.52 bits per heavy atom. The third-order valence-electron chi connectivity index (χ3n) is 3.89. The second-order valence-corrected chi connectivity index (χ2v) is 5.30. The molecule has 5 heteroatoms. The van der Waals surface area contributed by atoms with Crippen LogP contribution in [0.3, 0.4) is 0 Å². The Hall–Kier alpha value is -3.34. The van der Waals surface area contributed by atoms with Crippen molar-refractivity contribution in [2.75, 3.05) is 5.84 Å². The summed E-state index contributed by atoms with van der Waals surface area (Å²) in [6.07, 6.45) is 0. The van der Waals surface area contributed by atoms with Crippen LogP contribution in [0.2, 0.25) is 0 Å². The molecule has 0 atom stereocenters. The van der Waals surface area contributed by atoms with E-state index in [2.05, 4.69) is 10.2 Å². The highest BCUT2D eigenvalue weighted by Gasteiger charge is 2.15. The number of nitrogens with two attached hydrogens (primary N) is 1. The number of rotatable bonds is 2. The molecule has 2 heterocycles. The summed E-state index contributed by atoms with van der Waals surface area (Å²) in [6, 6.07) is 21.3. The molecule has 2 aromatic heterocycles. The first-order valence-corrected chi connectivity index (χ1v) is 7.26. The lowest BCUT2D eigenvalue weighted by Crippen LogP contribution is -2.28. The van der Waals surface area contributed by atoms with Crippen LogP contribution in [0.1, 0.15) is 0 Å². The summed E-state index contributed by atoms with van der Waals surface area (Å²) in [4.78, 5) is 12.5. The minimum Gasteiger partial charge on any atom is -0.336 e. The fraction of sp³-hybridized carbons (Fsp3) is 0. The molecule has 4 rings (SSSR count). The lowest BCUT2D eigenvalue weighted by molar-refractivity contribution is 0.954. The molecule has 4 aromatic rings. The zero-order valence-electron chi connectivity index (χ0n) is 12.2. The quantitative estimate of drug-likeness (QED) is 0.559. The average Bonchev–Trinajstić information content (AvgIpc) is 3.03. The van der Waals surface area contributed by atoms with Gasteiger partial charge in [0, 0.05) is 16.5 Å². The van der Waals surface area contributed by atoms with Crippen molar-refractivity contribution in [2.45, 2.75) is 0 Å². The van der Waals surface area contributed by atoms with Gasteiger partial charge < -0.3 is 5.84 Å². The summed E-state index contributed by atoms with van der Waals surface area (Å²) >= 11 is 0. The third-order valence-corrected chi connectivity index (χ3v) is 3.89. The maximum Gasteiger partial charge on any atom is 0.295 e. The van der Waals surface area contributed by atoms with Crippen LogP contribution in [-0.2, 0) is 0 Å². The van der Waals surface area contributed by atoms with E-state index < -0.39 is 0 Å². The monoisotopic (exact) mass is 302 g/mol. The van der Waals surface area contributed by atoms with E-state index in [0.717, 1.165) is 26.9 Å². The van der Waals surface area contributed by atoms with Gasteiger partial charge in [-0.2, -0.15) is 5.10 Å². The highest BCUT2D eigenvalue weighted by atomic mass is 16.1. The minimum atomic E-state index is -0.295. The third kappa shape index (κ3) is 2.10. The zero-order chi connectivity index (χ0) is 15.8. The van der Waals surface area contributed by atoms with Crippen LogP contribution in [0.25, 0.3) is 33.4 Å². The van der Waals surface area contributed by atoms with Crippen molar-refractivity contribution in [3.63, 3.8) is 0 Å². The Morgan fingerprint density at radius 3 is 2.17 bits per heavy atom. The molecular weight excluding hydrogens is 288 g/mol. The predicted octanol–water partition coefficient (Wildman–Crippen LogP) is 2.77. The second-order valence-electron chi connectivity index (χ2n) is 5.30. The average molecular weight is 302 g/mol. The van der Waals surface area contributed by atoms with Gasteiger partial charge in [0.1, 0.15) is 11.2 Å². The molecule has 0 aliphatic rings. The van der Waals surface area contributed by atoms with Crippen LogP contribution in [-0.4, -0.2) is 14.9 Å². The number of aromatic nitrogens is 3. The van der Waals surface area contributed by atoms with Crippen molar-refractivity contribution in [1.29, 1.82) is 0 Å². The molecule has 0 aliphatic carbocycles. The Labute approximate surface area is 132 Å². The molecule has 0 saturated heterocycles. The molecule has 3 N–H and O–H groups in total. The molecule has 23 heavy (non-hydrogen) atoms. The van der Waals surface area contributed by atoms with Gasteiger partial charge >= 0.3 is 0 Å². The van der Waals surface area contributed by atoms with E-state index in [4.69, 9.17) is 5.84 Å². The molecule has 0 aliphatic heterocycles. The molecule has 0 bridgehead atoms. The van der Waals surface area contributed by atoms with Gasteiger partial charge in [0.25, 0.3) is 5.56 Å². The number of fused-ring (bicyclic) bond motifs is 1. The topological polar surface area (TPSA) is 76.7 Å². The van der Waals surface area contributed by atoms with Crippen molar-refractivity contribution in [1.82, 2.24) is 14.9 Å². The van der Waals surface area contributed by atoms with E-state index in [1.807, 2.05) is 66.7 Å². The molecule has 0 fully saturated rings. The Morgan fingerprint density at radius 1 is 0.913 bits per heavy atom. The van der Waals surface area contributed by atoms with E-state index in [1.54, 1.807) is 0 Å². The minimum absolute atomic E-state index is 0.295. The van der Waals surface area contributed by atoms with Gasteiger partial charge in [-0.25, -0.2) is 4.68 Å².